The van der Waals surface area contributed by atoms with Crippen molar-refractivity contribution in [1.82, 2.24) is 14.5 Å². The number of nitrogens with zero attached hydrogens (tertiary/aromatic N) is 2. The number of hydrogen-bond donors (Lipinski definition) is 2. The molecule has 17 heavy (non-hydrogen) atoms. The molecule has 2 rings (SSSR count). The van der Waals surface area contributed by atoms with Crippen LogP contribution in [0, 0.1) is 0 Å². The van der Waals surface area contributed by atoms with Crippen molar-refractivity contribution in [1.29, 1.82) is 0 Å². The van der Waals surface area contributed by atoms with Gasteiger partial charge in [-0.1, -0.05) is 6.92 Å². The van der Waals surface area contributed by atoms with E-state index in [1.54, 1.807) is 4.31 Å². The normalized spacial score (nSPS) is 22.1. The number of aromatic amines is 1. The Kier molecular flexibility index (Phi) is 3.50. The van der Waals surface area contributed by atoms with Crippen molar-refractivity contribution in [3.63, 3.8) is 0 Å². The molecule has 3 N–H and O–H groups in total. The predicted octanol–water partition coefficient (Wildman–Crippen LogP) is 0.432. The average Bonchev–Trinajstić information content (AvgIpc) is 2.97. The largest absolute Gasteiger partial charge is 0.326 e. The Hall–Kier alpha value is -0.920. The van der Waals surface area contributed by atoms with Crippen molar-refractivity contribution in [3.05, 3.63) is 11.8 Å². The highest BCUT2D eigenvalue weighted by Crippen LogP contribution is 2.27. The smallest absolute Gasteiger partial charge is 0.260 e. The van der Waals surface area contributed by atoms with E-state index in [0.29, 0.717) is 12.1 Å². The molecule has 1 aliphatic heterocycles. The second-order valence-corrected chi connectivity index (χ2v) is 6.08. The molecule has 1 aromatic heterocycles. The van der Waals surface area contributed by atoms with Crippen LogP contribution in [-0.2, 0) is 16.6 Å². The van der Waals surface area contributed by atoms with Gasteiger partial charge in [0, 0.05) is 24.7 Å². The summed E-state index contributed by atoms with van der Waals surface area (Å²) in [5, 5.41) is 6.48. The molecule has 0 bridgehead atoms. The van der Waals surface area contributed by atoms with Crippen LogP contribution in [0.25, 0.3) is 0 Å². The SMILES string of the molecule is CCC1CCCN1S(=O)(=O)c1[nH]ncc1CN. The fourth-order valence-electron chi connectivity index (χ4n) is 2.32. The van der Waals surface area contributed by atoms with Crippen LogP contribution in [0.1, 0.15) is 31.7 Å². The summed E-state index contributed by atoms with van der Waals surface area (Å²) >= 11 is 0. The first kappa shape index (κ1) is 12.5. The molecule has 0 aliphatic carbocycles. The standard InChI is InChI=1S/C10H18N4O2S/c1-2-9-4-3-5-14(9)17(15,16)10-8(6-11)7-12-13-10/h7,9H,2-6,11H2,1H3,(H,12,13). The Morgan fingerprint density at radius 1 is 1.65 bits per heavy atom. The molecule has 0 saturated carbocycles. The van der Waals surface area contributed by atoms with Crippen LogP contribution >= 0.6 is 0 Å². The van der Waals surface area contributed by atoms with Crippen molar-refractivity contribution >= 4 is 10.0 Å². The van der Waals surface area contributed by atoms with Gasteiger partial charge in [-0.3, -0.25) is 5.10 Å². The number of nitrogens with one attached hydrogen (secondary N) is 1. The van der Waals surface area contributed by atoms with E-state index in [1.807, 2.05) is 6.92 Å². The van der Waals surface area contributed by atoms with Gasteiger partial charge in [-0.15, -0.1) is 0 Å². The van der Waals surface area contributed by atoms with E-state index < -0.39 is 10.0 Å². The van der Waals surface area contributed by atoms with Crippen LogP contribution < -0.4 is 5.73 Å². The maximum Gasteiger partial charge on any atom is 0.260 e. The molecule has 1 aliphatic rings. The second-order valence-electron chi connectivity index (χ2n) is 4.25. The number of aromatic nitrogens is 2. The first-order chi connectivity index (χ1) is 8.11. The summed E-state index contributed by atoms with van der Waals surface area (Å²) in [6.07, 6.45) is 4.17. The molecule has 6 nitrogen and oxygen atoms in total. The van der Waals surface area contributed by atoms with Gasteiger partial charge in [-0.25, -0.2) is 8.42 Å². The summed E-state index contributed by atoms with van der Waals surface area (Å²) in [7, 11) is -3.46. The monoisotopic (exact) mass is 258 g/mol. The van der Waals surface area contributed by atoms with Crippen molar-refractivity contribution < 1.29 is 8.42 Å². The van der Waals surface area contributed by atoms with Gasteiger partial charge >= 0.3 is 0 Å². The maximum atomic E-state index is 12.4. The Balaban J connectivity index is 2.36. The molecular weight excluding hydrogens is 240 g/mol. The minimum atomic E-state index is -3.46. The van der Waals surface area contributed by atoms with Gasteiger partial charge < -0.3 is 5.73 Å². The molecule has 0 aromatic carbocycles. The third kappa shape index (κ3) is 2.10. The third-order valence-corrected chi connectivity index (χ3v) is 5.23. The number of sulfonamides is 1. The van der Waals surface area contributed by atoms with Crippen molar-refractivity contribution in [3.8, 4) is 0 Å². The van der Waals surface area contributed by atoms with E-state index in [-0.39, 0.29) is 17.6 Å². The van der Waals surface area contributed by atoms with Gasteiger partial charge in [-0.05, 0) is 19.3 Å². The molecule has 7 heteroatoms. The summed E-state index contributed by atoms with van der Waals surface area (Å²) in [6, 6.07) is 0.105. The highest BCUT2D eigenvalue weighted by atomic mass is 32.2. The van der Waals surface area contributed by atoms with Crippen LogP contribution in [0.15, 0.2) is 11.2 Å². The van der Waals surface area contributed by atoms with E-state index in [2.05, 4.69) is 10.2 Å². The molecule has 2 heterocycles. The van der Waals surface area contributed by atoms with Crippen molar-refractivity contribution in [2.75, 3.05) is 6.54 Å². The minimum absolute atomic E-state index is 0.105. The minimum Gasteiger partial charge on any atom is -0.326 e. The lowest BCUT2D eigenvalue weighted by Gasteiger charge is -2.22. The third-order valence-electron chi connectivity index (χ3n) is 3.26. The zero-order valence-electron chi connectivity index (χ0n) is 9.89. The van der Waals surface area contributed by atoms with Gasteiger partial charge in [0.25, 0.3) is 10.0 Å². The van der Waals surface area contributed by atoms with Gasteiger partial charge in [-0.2, -0.15) is 9.40 Å². The zero-order chi connectivity index (χ0) is 12.5. The first-order valence-corrected chi connectivity index (χ1v) is 7.29. The number of rotatable bonds is 4. The quantitative estimate of drug-likeness (QED) is 0.819. The van der Waals surface area contributed by atoms with Crippen LogP contribution in [0.4, 0.5) is 0 Å². The second kappa shape index (κ2) is 4.75. The fourth-order valence-corrected chi connectivity index (χ4v) is 4.21. The highest BCUT2D eigenvalue weighted by molar-refractivity contribution is 7.89. The zero-order valence-corrected chi connectivity index (χ0v) is 10.7. The van der Waals surface area contributed by atoms with Crippen LogP contribution in [0.5, 0.6) is 0 Å². The Labute approximate surface area is 101 Å². The maximum absolute atomic E-state index is 12.4. The van der Waals surface area contributed by atoms with Crippen LogP contribution in [0.3, 0.4) is 0 Å². The van der Waals surface area contributed by atoms with E-state index in [4.69, 9.17) is 5.73 Å². The average molecular weight is 258 g/mol. The van der Waals surface area contributed by atoms with E-state index in [9.17, 15) is 8.42 Å². The molecule has 1 atom stereocenters. The summed E-state index contributed by atoms with van der Waals surface area (Å²) in [5.74, 6) is 0. The summed E-state index contributed by atoms with van der Waals surface area (Å²) in [6.45, 7) is 2.77. The van der Waals surface area contributed by atoms with Gasteiger partial charge in [0.05, 0.1) is 6.20 Å². The molecular formula is C10H18N4O2S. The Morgan fingerprint density at radius 2 is 2.41 bits per heavy atom. The predicted molar refractivity (Wildman–Crippen MR) is 63.7 cm³/mol. The number of H-pyrrole nitrogens is 1. The van der Waals surface area contributed by atoms with Crippen LogP contribution in [-0.4, -0.2) is 35.5 Å². The molecule has 0 spiro atoms. The molecule has 1 fully saturated rings. The first-order valence-electron chi connectivity index (χ1n) is 5.85. The highest BCUT2D eigenvalue weighted by Gasteiger charge is 2.36. The molecule has 0 amide bonds. The summed E-state index contributed by atoms with van der Waals surface area (Å²) in [4.78, 5) is 0. The lowest BCUT2D eigenvalue weighted by Crippen LogP contribution is -2.35. The van der Waals surface area contributed by atoms with Crippen LogP contribution in [0.2, 0.25) is 0 Å². The molecule has 1 saturated heterocycles. The summed E-state index contributed by atoms with van der Waals surface area (Å²) < 4.78 is 26.5. The van der Waals surface area contributed by atoms with Gasteiger partial charge in [0.1, 0.15) is 0 Å². The Morgan fingerprint density at radius 3 is 3.06 bits per heavy atom. The van der Waals surface area contributed by atoms with Gasteiger partial charge in [0.2, 0.25) is 0 Å². The summed E-state index contributed by atoms with van der Waals surface area (Å²) in [5.41, 5.74) is 6.06. The van der Waals surface area contributed by atoms with Crippen molar-refractivity contribution in [2.24, 2.45) is 5.73 Å². The molecule has 1 aromatic rings. The van der Waals surface area contributed by atoms with Crippen molar-refractivity contribution in [2.45, 2.75) is 43.8 Å². The van der Waals surface area contributed by atoms with E-state index >= 15 is 0 Å². The lowest BCUT2D eigenvalue weighted by atomic mass is 10.2. The molecule has 0 radical (unpaired) electrons. The van der Waals surface area contributed by atoms with E-state index in [1.165, 1.54) is 6.20 Å². The molecule has 1 unspecified atom stereocenters. The molecule has 96 valence electrons. The topological polar surface area (TPSA) is 92.1 Å². The van der Waals surface area contributed by atoms with Gasteiger partial charge in [0.15, 0.2) is 5.03 Å². The number of nitrogens with two attached hydrogens (primary N) is 1. The fraction of sp³-hybridized carbons (Fsp3) is 0.700. The van der Waals surface area contributed by atoms with E-state index in [0.717, 1.165) is 19.3 Å². The number of hydrogen-bond acceptors (Lipinski definition) is 4. The Bertz CT molecular complexity index is 482. The lowest BCUT2D eigenvalue weighted by molar-refractivity contribution is 0.377.